The monoisotopic (exact) mass is 254 g/mol. The number of rotatable bonds is 4. The van der Waals surface area contributed by atoms with Crippen molar-refractivity contribution < 1.29 is 4.74 Å². The molecular weight excluding hydrogens is 228 g/mol. The Kier molecular flexibility index (Phi) is 5.26. The Bertz CT molecular complexity index is 276. The highest BCUT2D eigenvalue weighted by molar-refractivity contribution is 5.78. The molecule has 1 aliphatic carbocycles. The zero-order chi connectivity index (χ0) is 12.8. The fourth-order valence-electron chi connectivity index (χ4n) is 2.70. The molecule has 2 fully saturated rings. The first-order valence-electron chi connectivity index (χ1n) is 7.18. The zero-order valence-electron chi connectivity index (χ0n) is 11.4. The minimum absolute atomic E-state index is 0.197. The molecule has 0 aromatic carbocycles. The fourth-order valence-corrected chi connectivity index (χ4v) is 2.70. The summed E-state index contributed by atoms with van der Waals surface area (Å²) in [7, 11) is 0. The van der Waals surface area contributed by atoms with E-state index < -0.39 is 0 Å². The molecule has 3 N–H and O–H groups in total. The van der Waals surface area contributed by atoms with Crippen molar-refractivity contribution in [2.24, 2.45) is 10.7 Å². The van der Waals surface area contributed by atoms with Gasteiger partial charge in [-0.1, -0.05) is 19.8 Å². The van der Waals surface area contributed by atoms with Crippen LogP contribution in [0.15, 0.2) is 4.99 Å². The molecule has 1 aliphatic heterocycles. The Morgan fingerprint density at radius 2 is 2.22 bits per heavy atom. The Morgan fingerprint density at radius 3 is 2.94 bits per heavy atom. The lowest BCUT2D eigenvalue weighted by atomic mass is 10.2. The van der Waals surface area contributed by atoms with Crippen molar-refractivity contribution in [3.63, 3.8) is 0 Å². The molecule has 1 saturated heterocycles. The van der Waals surface area contributed by atoms with Gasteiger partial charge in [-0.25, -0.2) is 0 Å². The molecule has 18 heavy (non-hydrogen) atoms. The first kappa shape index (κ1) is 13.6. The van der Waals surface area contributed by atoms with E-state index in [0.717, 1.165) is 26.2 Å². The maximum Gasteiger partial charge on any atom is 0.188 e. The normalized spacial score (nSPS) is 27.6. The van der Waals surface area contributed by atoms with E-state index in [4.69, 9.17) is 10.5 Å². The molecule has 2 aliphatic rings. The van der Waals surface area contributed by atoms with Crippen molar-refractivity contribution >= 4 is 5.96 Å². The van der Waals surface area contributed by atoms with E-state index in [-0.39, 0.29) is 6.10 Å². The van der Waals surface area contributed by atoms with Crippen LogP contribution < -0.4 is 11.1 Å². The number of nitrogens with zero attached hydrogens (tertiary/aromatic N) is 2. The Balaban J connectivity index is 1.71. The van der Waals surface area contributed by atoms with E-state index in [9.17, 15) is 0 Å². The van der Waals surface area contributed by atoms with E-state index in [2.05, 4.69) is 22.1 Å². The van der Waals surface area contributed by atoms with Crippen LogP contribution in [0.1, 0.15) is 32.6 Å². The van der Waals surface area contributed by atoms with Crippen molar-refractivity contribution in [2.75, 3.05) is 32.8 Å². The summed E-state index contributed by atoms with van der Waals surface area (Å²) in [5.74, 6) is 0.583. The van der Waals surface area contributed by atoms with Crippen LogP contribution in [0.4, 0.5) is 0 Å². The lowest BCUT2D eigenvalue weighted by molar-refractivity contribution is -0.0210. The smallest absolute Gasteiger partial charge is 0.188 e. The third kappa shape index (κ3) is 4.14. The number of ether oxygens (including phenoxy) is 1. The van der Waals surface area contributed by atoms with Crippen LogP contribution in [0, 0.1) is 0 Å². The summed E-state index contributed by atoms with van der Waals surface area (Å²) in [6.45, 7) is 6.75. The van der Waals surface area contributed by atoms with Crippen LogP contribution in [0.2, 0.25) is 0 Å². The van der Waals surface area contributed by atoms with Gasteiger partial charge in [0, 0.05) is 19.1 Å². The molecule has 5 heteroatoms. The quantitative estimate of drug-likeness (QED) is 0.568. The molecule has 5 nitrogen and oxygen atoms in total. The van der Waals surface area contributed by atoms with Gasteiger partial charge in [0.05, 0.1) is 19.3 Å². The standard InChI is InChI=1S/C13H26N4O/c1-2-17-7-8-18-12(10-17)9-15-13(14)16-11-5-3-4-6-11/h11-12H,2-10H2,1H3,(H3,14,15,16). The molecule has 0 aromatic rings. The van der Waals surface area contributed by atoms with Gasteiger partial charge in [0.25, 0.3) is 0 Å². The number of likely N-dealkylation sites (N-methyl/N-ethyl adjacent to an activating group) is 1. The second-order valence-corrected chi connectivity index (χ2v) is 5.24. The molecule has 0 radical (unpaired) electrons. The third-order valence-electron chi connectivity index (χ3n) is 3.84. The van der Waals surface area contributed by atoms with Crippen molar-refractivity contribution in [1.29, 1.82) is 0 Å². The molecule has 1 atom stereocenters. The number of nitrogens with two attached hydrogens (primary N) is 1. The second-order valence-electron chi connectivity index (χ2n) is 5.24. The topological polar surface area (TPSA) is 62.9 Å². The van der Waals surface area contributed by atoms with Gasteiger partial charge in [0.2, 0.25) is 0 Å². The van der Waals surface area contributed by atoms with Gasteiger partial charge >= 0.3 is 0 Å². The summed E-state index contributed by atoms with van der Waals surface area (Å²) < 4.78 is 5.70. The number of aliphatic imine (C=N–C) groups is 1. The molecular formula is C13H26N4O. The number of hydrogen-bond acceptors (Lipinski definition) is 3. The van der Waals surface area contributed by atoms with Crippen LogP contribution in [-0.4, -0.2) is 55.8 Å². The Morgan fingerprint density at radius 1 is 1.44 bits per heavy atom. The SMILES string of the molecule is CCN1CCOC(CN=C(N)NC2CCCC2)C1. The summed E-state index contributed by atoms with van der Waals surface area (Å²) in [5.41, 5.74) is 5.91. The molecule has 1 heterocycles. The van der Waals surface area contributed by atoms with Crippen LogP contribution >= 0.6 is 0 Å². The molecule has 104 valence electrons. The second kappa shape index (κ2) is 6.95. The van der Waals surface area contributed by atoms with Crippen molar-refractivity contribution in [2.45, 2.75) is 44.8 Å². The van der Waals surface area contributed by atoms with Crippen molar-refractivity contribution in [3.8, 4) is 0 Å². The van der Waals surface area contributed by atoms with Gasteiger partial charge in [0.1, 0.15) is 0 Å². The van der Waals surface area contributed by atoms with Gasteiger partial charge in [-0.15, -0.1) is 0 Å². The Hall–Kier alpha value is -0.810. The maximum atomic E-state index is 5.91. The van der Waals surface area contributed by atoms with Crippen LogP contribution in [0.3, 0.4) is 0 Å². The number of hydrogen-bond donors (Lipinski definition) is 2. The lowest BCUT2D eigenvalue weighted by Crippen LogP contribution is -2.44. The summed E-state index contributed by atoms with van der Waals surface area (Å²) in [4.78, 5) is 6.80. The van der Waals surface area contributed by atoms with E-state index >= 15 is 0 Å². The average Bonchev–Trinajstić information content (AvgIpc) is 2.89. The van der Waals surface area contributed by atoms with Gasteiger partial charge in [-0.3, -0.25) is 9.89 Å². The predicted octanol–water partition coefficient (Wildman–Crippen LogP) is 0.554. The molecule has 1 saturated carbocycles. The summed E-state index contributed by atoms with van der Waals surface area (Å²) in [6.07, 6.45) is 5.26. The predicted molar refractivity (Wildman–Crippen MR) is 73.7 cm³/mol. The van der Waals surface area contributed by atoms with Crippen LogP contribution in [0.25, 0.3) is 0 Å². The third-order valence-corrected chi connectivity index (χ3v) is 3.84. The summed E-state index contributed by atoms with van der Waals surface area (Å²) in [6, 6.07) is 0.535. The minimum atomic E-state index is 0.197. The largest absolute Gasteiger partial charge is 0.374 e. The maximum absolute atomic E-state index is 5.91. The number of nitrogens with one attached hydrogen (secondary N) is 1. The molecule has 1 unspecified atom stereocenters. The van der Waals surface area contributed by atoms with Gasteiger partial charge in [0.15, 0.2) is 5.96 Å². The van der Waals surface area contributed by atoms with Gasteiger partial charge < -0.3 is 15.8 Å². The fraction of sp³-hybridized carbons (Fsp3) is 0.923. The van der Waals surface area contributed by atoms with Crippen LogP contribution in [-0.2, 0) is 4.74 Å². The van der Waals surface area contributed by atoms with Crippen LogP contribution in [0.5, 0.6) is 0 Å². The Labute approximate surface area is 110 Å². The highest BCUT2D eigenvalue weighted by atomic mass is 16.5. The zero-order valence-corrected chi connectivity index (χ0v) is 11.4. The molecule has 0 amide bonds. The number of morpholine rings is 1. The van der Waals surface area contributed by atoms with Crippen molar-refractivity contribution in [1.82, 2.24) is 10.2 Å². The average molecular weight is 254 g/mol. The number of guanidine groups is 1. The molecule has 0 bridgehead atoms. The first-order valence-corrected chi connectivity index (χ1v) is 7.18. The van der Waals surface area contributed by atoms with E-state index in [1.807, 2.05) is 0 Å². The molecule has 0 aromatic heterocycles. The summed E-state index contributed by atoms with van der Waals surface area (Å²) >= 11 is 0. The summed E-state index contributed by atoms with van der Waals surface area (Å²) in [5, 5.41) is 3.30. The highest BCUT2D eigenvalue weighted by Gasteiger charge is 2.19. The van der Waals surface area contributed by atoms with E-state index in [0.29, 0.717) is 18.5 Å². The highest BCUT2D eigenvalue weighted by Crippen LogP contribution is 2.17. The molecule has 0 spiro atoms. The van der Waals surface area contributed by atoms with E-state index in [1.165, 1.54) is 25.7 Å². The van der Waals surface area contributed by atoms with Gasteiger partial charge in [-0.05, 0) is 19.4 Å². The molecule has 2 rings (SSSR count). The van der Waals surface area contributed by atoms with E-state index in [1.54, 1.807) is 0 Å². The van der Waals surface area contributed by atoms with Gasteiger partial charge in [-0.2, -0.15) is 0 Å². The lowest BCUT2D eigenvalue weighted by Gasteiger charge is -2.31. The first-order chi connectivity index (χ1) is 8.78. The van der Waals surface area contributed by atoms with Crippen molar-refractivity contribution in [3.05, 3.63) is 0 Å². The minimum Gasteiger partial charge on any atom is -0.374 e.